The number of amides is 1. The SMILES string of the molecule is COc1ccc(N2CCN(C(=O)C3(O)CCC3)CC2)cc1OC1CCCC1. The number of rotatable bonds is 5. The molecule has 4 rings (SSSR count). The van der Waals surface area contributed by atoms with Crippen LogP contribution in [-0.2, 0) is 4.79 Å². The second-order valence-corrected chi connectivity index (χ2v) is 8.02. The van der Waals surface area contributed by atoms with Gasteiger partial charge in [-0.1, -0.05) is 0 Å². The van der Waals surface area contributed by atoms with Crippen LogP contribution in [-0.4, -0.2) is 60.9 Å². The average molecular weight is 374 g/mol. The number of ether oxygens (including phenoxy) is 2. The van der Waals surface area contributed by atoms with E-state index in [1.165, 1.54) is 12.8 Å². The van der Waals surface area contributed by atoms with Crippen LogP contribution in [0.2, 0.25) is 0 Å². The van der Waals surface area contributed by atoms with E-state index in [1.807, 2.05) is 11.0 Å². The summed E-state index contributed by atoms with van der Waals surface area (Å²) in [5.41, 5.74) is 0.00292. The van der Waals surface area contributed by atoms with Gasteiger partial charge in [0.1, 0.15) is 5.60 Å². The molecule has 3 fully saturated rings. The summed E-state index contributed by atoms with van der Waals surface area (Å²) in [6.07, 6.45) is 7.11. The van der Waals surface area contributed by atoms with E-state index in [9.17, 15) is 9.90 Å². The molecule has 0 unspecified atom stereocenters. The molecule has 148 valence electrons. The first-order chi connectivity index (χ1) is 13.1. The highest BCUT2D eigenvalue weighted by Crippen LogP contribution is 2.36. The minimum Gasteiger partial charge on any atom is -0.493 e. The summed E-state index contributed by atoms with van der Waals surface area (Å²) in [5.74, 6) is 1.49. The van der Waals surface area contributed by atoms with Gasteiger partial charge in [0.05, 0.1) is 13.2 Å². The van der Waals surface area contributed by atoms with Crippen molar-refractivity contribution in [2.75, 3.05) is 38.2 Å². The Balaban J connectivity index is 1.41. The van der Waals surface area contributed by atoms with E-state index >= 15 is 0 Å². The molecular weight excluding hydrogens is 344 g/mol. The molecule has 6 nitrogen and oxygen atoms in total. The number of nitrogens with zero attached hydrogens (tertiary/aromatic N) is 2. The molecule has 1 N–H and O–H groups in total. The topological polar surface area (TPSA) is 62.2 Å². The summed E-state index contributed by atoms with van der Waals surface area (Å²) in [7, 11) is 1.67. The van der Waals surface area contributed by atoms with Gasteiger partial charge in [0.25, 0.3) is 5.91 Å². The largest absolute Gasteiger partial charge is 0.493 e. The van der Waals surface area contributed by atoms with Crippen molar-refractivity contribution in [3.8, 4) is 11.5 Å². The Morgan fingerprint density at radius 3 is 2.37 bits per heavy atom. The van der Waals surface area contributed by atoms with E-state index in [0.717, 1.165) is 49.5 Å². The minimum absolute atomic E-state index is 0.0895. The monoisotopic (exact) mass is 374 g/mol. The fourth-order valence-corrected chi connectivity index (χ4v) is 4.33. The average Bonchev–Trinajstić information content (AvgIpc) is 3.18. The smallest absolute Gasteiger partial charge is 0.254 e. The minimum atomic E-state index is -1.09. The highest BCUT2D eigenvalue weighted by atomic mass is 16.5. The molecule has 1 heterocycles. The van der Waals surface area contributed by atoms with Crippen molar-refractivity contribution < 1.29 is 19.4 Å². The van der Waals surface area contributed by atoms with Crippen molar-refractivity contribution in [2.24, 2.45) is 0 Å². The molecule has 0 aromatic heterocycles. The zero-order chi connectivity index (χ0) is 18.9. The molecule has 0 bridgehead atoms. The van der Waals surface area contributed by atoms with Crippen LogP contribution in [0.1, 0.15) is 44.9 Å². The van der Waals surface area contributed by atoms with E-state index in [1.54, 1.807) is 7.11 Å². The van der Waals surface area contributed by atoms with Gasteiger partial charge in [-0.3, -0.25) is 4.79 Å². The molecular formula is C21H30N2O4. The lowest BCUT2D eigenvalue weighted by molar-refractivity contribution is -0.160. The molecule has 2 aliphatic carbocycles. The third-order valence-electron chi connectivity index (χ3n) is 6.25. The Bertz CT molecular complexity index is 675. The van der Waals surface area contributed by atoms with E-state index in [0.29, 0.717) is 25.9 Å². The van der Waals surface area contributed by atoms with Gasteiger partial charge < -0.3 is 24.4 Å². The normalized spacial score (nSPS) is 22.4. The zero-order valence-electron chi connectivity index (χ0n) is 16.2. The fourth-order valence-electron chi connectivity index (χ4n) is 4.33. The zero-order valence-corrected chi connectivity index (χ0v) is 16.2. The van der Waals surface area contributed by atoms with Gasteiger partial charge in [-0.2, -0.15) is 0 Å². The van der Waals surface area contributed by atoms with Gasteiger partial charge in [0.15, 0.2) is 11.5 Å². The Morgan fingerprint density at radius 2 is 1.78 bits per heavy atom. The lowest BCUT2D eigenvalue weighted by atomic mass is 9.79. The van der Waals surface area contributed by atoms with Crippen LogP contribution in [0.5, 0.6) is 11.5 Å². The van der Waals surface area contributed by atoms with Crippen molar-refractivity contribution in [1.29, 1.82) is 0 Å². The van der Waals surface area contributed by atoms with Gasteiger partial charge in [-0.25, -0.2) is 0 Å². The van der Waals surface area contributed by atoms with Crippen molar-refractivity contribution in [1.82, 2.24) is 4.90 Å². The maximum Gasteiger partial charge on any atom is 0.254 e. The number of anilines is 1. The number of benzene rings is 1. The van der Waals surface area contributed by atoms with Gasteiger partial charge in [-0.15, -0.1) is 0 Å². The van der Waals surface area contributed by atoms with Crippen molar-refractivity contribution in [3.63, 3.8) is 0 Å². The number of hydrogen-bond acceptors (Lipinski definition) is 5. The van der Waals surface area contributed by atoms with E-state index in [2.05, 4.69) is 17.0 Å². The van der Waals surface area contributed by atoms with Crippen molar-refractivity contribution in [3.05, 3.63) is 18.2 Å². The first-order valence-corrected chi connectivity index (χ1v) is 10.2. The fraction of sp³-hybridized carbons (Fsp3) is 0.667. The van der Waals surface area contributed by atoms with Crippen LogP contribution in [0.15, 0.2) is 18.2 Å². The summed E-state index contributed by atoms with van der Waals surface area (Å²) < 4.78 is 11.7. The Kier molecular flexibility index (Phi) is 5.17. The second kappa shape index (κ2) is 7.58. The van der Waals surface area contributed by atoms with E-state index < -0.39 is 5.60 Å². The highest BCUT2D eigenvalue weighted by molar-refractivity contribution is 5.86. The predicted molar refractivity (Wildman–Crippen MR) is 103 cm³/mol. The van der Waals surface area contributed by atoms with Gasteiger partial charge in [0, 0.05) is 37.9 Å². The Hall–Kier alpha value is -1.95. The molecule has 2 saturated carbocycles. The first kappa shape index (κ1) is 18.4. The molecule has 1 aliphatic heterocycles. The van der Waals surface area contributed by atoms with Gasteiger partial charge >= 0.3 is 0 Å². The van der Waals surface area contributed by atoms with Crippen molar-refractivity contribution in [2.45, 2.75) is 56.7 Å². The number of methoxy groups -OCH3 is 1. The van der Waals surface area contributed by atoms with Crippen LogP contribution in [0, 0.1) is 0 Å². The van der Waals surface area contributed by atoms with Gasteiger partial charge in [0.2, 0.25) is 0 Å². The molecule has 0 spiro atoms. The van der Waals surface area contributed by atoms with E-state index in [-0.39, 0.29) is 12.0 Å². The molecule has 1 saturated heterocycles. The highest BCUT2D eigenvalue weighted by Gasteiger charge is 2.44. The van der Waals surface area contributed by atoms with Crippen LogP contribution in [0.3, 0.4) is 0 Å². The Labute approximate surface area is 161 Å². The third kappa shape index (κ3) is 3.72. The van der Waals surface area contributed by atoms with E-state index in [4.69, 9.17) is 9.47 Å². The summed E-state index contributed by atoms with van der Waals surface area (Å²) >= 11 is 0. The molecule has 1 amide bonds. The summed E-state index contributed by atoms with van der Waals surface area (Å²) in [5, 5.41) is 10.3. The molecule has 1 aromatic carbocycles. The lowest BCUT2D eigenvalue weighted by Gasteiger charge is -2.43. The quantitative estimate of drug-likeness (QED) is 0.858. The number of carbonyl (C=O) groups is 1. The van der Waals surface area contributed by atoms with Gasteiger partial charge in [-0.05, 0) is 57.1 Å². The molecule has 3 aliphatic rings. The van der Waals surface area contributed by atoms with Crippen LogP contribution in [0.25, 0.3) is 0 Å². The third-order valence-corrected chi connectivity index (χ3v) is 6.25. The Morgan fingerprint density at radius 1 is 1.07 bits per heavy atom. The van der Waals surface area contributed by atoms with Crippen LogP contribution >= 0.6 is 0 Å². The number of aliphatic hydroxyl groups is 1. The predicted octanol–water partition coefficient (Wildman–Crippen LogP) is 2.58. The van der Waals surface area contributed by atoms with Crippen LogP contribution in [0.4, 0.5) is 5.69 Å². The number of piperazine rings is 1. The van der Waals surface area contributed by atoms with Crippen molar-refractivity contribution >= 4 is 11.6 Å². The standard InChI is InChI=1S/C21H30N2O4/c1-26-18-8-7-16(15-19(18)27-17-5-2-3-6-17)22-11-13-23(14-12-22)20(24)21(25)9-4-10-21/h7-8,15,17,25H,2-6,9-14H2,1H3. The maximum atomic E-state index is 12.5. The number of hydrogen-bond donors (Lipinski definition) is 1. The first-order valence-electron chi connectivity index (χ1n) is 10.2. The lowest BCUT2D eigenvalue weighted by Crippen LogP contribution is -2.58. The second-order valence-electron chi connectivity index (χ2n) is 8.02. The number of carbonyl (C=O) groups excluding carboxylic acids is 1. The molecule has 27 heavy (non-hydrogen) atoms. The molecule has 0 radical (unpaired) electrons. The summed E-state index contributed by atoms with van der Waals surface area (Å²) in [6, 6.07) is 6.08. The maximum absolute atomic E-state index is 12.5. The molecule has 1 aromatic rings. The molecule has 6 heteroatoms. The summed E-state index contributed by atoms with van der Waals surface area (Å²) in [4.78, 5) is 16.6. The van der Waals surface area contributed by atoms with Crippen LogP contribution < -0.4 is 14.4 Å². The molecule has 0 atom stereocenters. The summed E-state index contributed by atoms with van der Waals surface area (Å²) in [6.45, 7) is 2.81.